The van der Waals surface area contributed by atoms with E-state index in [1.807, 2.05) is 0 Å². The SMILES string of the molecule is CC(C)C(=O)N(C)Cc1cccc(Oc2cc(C(F)(F)F)nn2C)n1. The number of hydrogen-bond donors (Lipinski definition) is 0. The molecule has 0 saturated carbocycles. The maximum absolute atomic E-state index is 12.7. The lowest BCUT2D eigenvalue weighted by molar-refractivity contribution is -0.141. The molecule has 0 aliphatic heterocycles. The zero-order valence-corrected chi connectivity index (χ0v) is 14.3. The Morgan fingerprint density at radius 3 is 2.60 bits per heavy atom. The van der Waals surface area contributed by atoms with Crippen molar-refractivity contribution in [3.8, 4) is 11.8 Å². The zero-order chi connectivity index (χ0) is 18.8. The molecule has 0 N–H and O–H groups in total. The third kappa shape index (κ3) is 4.71. The van der Waals surface area contributed by atoms with E-state index < -0.39 is 11.9 Å². The van der Waals surface area contributed by atoms with Gasteiger partial charge in [-0.15, -0.1) is 0 Å². The minimum Gasteiger partial charge on any atom is -0.421 e. The number of amides is 1. The van der Waals surface area contributed by atoms with Crippen molar-refractivity contribution in [1.82, 2.24) is 19.7 Å². The van der Waals surface area contributed by atoms with Crippen LogP contribution in [0.1, 0.15) is 25.2 Å². The monoisotopic (exact) mass is 356 g/mol. The van der Waals surface area contributed by atoms with Gasteiger partial charge in [-0.1, -0.05) is 19.9 Å². The topological polar surface area (TPSA) is 60.3 Å². The third-order valence-electron chi connectivity index (χ3n) is 3.39. The van der Waals surface area contributed by atoms with E-state index in [-0.39, 0.29) is 30.1 Å². The molecule has 0 spiro atoms. The summed E-state index contributed by atoms with van der Waals surface area (Å²) in [4.78, 5) is 17.7. The quantitative estimate of drug-likeness (QED) is 0.825. The molecule has 0 saturated heterocycles. The first-order valence-electron chi connectivity index (χ1n) is 7.58. The molecule has 9 heteroatoms. The highest BCUT2D eigenvalue weighted by Gasteiger charge is 2.35. The number of nitrogens with zero attached hydrogens (tertiary/aromatic N) is 4. The maximum Gasteiger partial charge on any atom is 0.435 e. The molecule has 6 nitrogen and oxygen atoms in total. The van der Waals surface area contributed by atoms with Gasteiger partial charge in [-0.05, 0) is 6.07 Å². The Morgan fingerprint density at radius 2 is 2.04 bits per heavy atom. The first kappa shape index (κ1) is 18.8. The lowest BCUT2D eigenvalue weighted by atomic mass is 10.2. The van der Waals surface area contributed by atoms with E-state index in [1.165, 1.54) is 18.0 Å². The van der Waals surface area contributed by atoms with Crippen LogP contribution in [0, 0.1) is 5.92 Å². The Balaban J connectivity index is 2.14. The molecular formula is C16H19F3N4O2. The van der Waals surface area contributed by atoms with Gasteiger partial charge < -0.3 is 9.64 Å². The number of alkyl halides is 3. The molecule has 2 rings (SSSR count). The molecule has 0 bridgehead atoms. The van der Waals surface area contributed by atoms with Crippen LogP contribution >= 0.6 is 0 Å². The first-order chi connectivity index (χ1) is 11.6. The molecule has 2 aromatic rings. The molecule has 0 unspecified atom stereocenters. The smallest absolute Gasteiger partial charge is 0.421 e. The Morgan fingerprint density at radius 1 is 1.36 bits per heavy atom. The minimum atomic E-state index is -4.55. The first-order valence-corrected chi connectivity index (χ1v) is 7.58. The van der Waals surface area contributed by atoms with Crippen molar-refractivity contribution in [3.63, 3.8) is 0 Å². The van der Waals surface area contributed by atoms with E-state index in [0.717, 1.165) is 10.7 Å². The summed E-state index contributed by atoms with van der Waals surface area (Å²) in [5.41, 5.74) is -0.476. The van der Waals surface area contributed by atoms with Gasteiger partial charge in [0, 0.05) is 32.1 Å². The van der Waals surface area contributed by atoms with Crippen LogP contribution in [0.3, 0.4) is 0 Å². The molecule has 2 heterocycles. The molecule has 25 heavy (non-hydrogen) atoms. The van der Waals surface area contributed by atoms with E-state index in [4.69, 9.17) is 4.74 Å². The van der Waals surface area contributed by atoms with Gasteiger partial charge in [-0.2, -0.15) is 18.3 Å². The number of aromatic nitrogens is 3. The van der Waals surface area contributed by atoms with Crippen LogP contribution in [0.2, 0.25) is 0 Å². The second kappa shape index (κ2) is 7.12. The number of halogens is 3. The maximum atomic E-state index is 12.7. The van der Waals surface area contributed by atoms with Gasteiger partial charge in [0.1, 0.15) is 0 Å². The Bertz CT molecular complexity index is 756. The van der Waals surface area contributed by atoms with Crippen LogP contribution in [0.5, 0.6) is 11.8 Å². The fourth-order valence-electron chi connectivity index (χ4n) is 2.16. The zero-order valence-electron chi connectivity index (χ0n) is 14.3. The lowest BCUT2D eigenvalue weighted by Gasteiger charge is -2.19. The molecule has 0 aliphatic rings. The molecule has 0 radical (unpaired) electrons. The predicted octanol–water partition coefficient (Wildman–Crippen LogP) is 3.24. The van der Waals surface area contributed by atoms with E-state index in [1.54, 1.807) is 33.0 Å². The van der Waals surface area contributed by atoms with Gasteiger partial charge in [0.05, 0.1) is 12.2 Å². The highest BCUT2D eigenvalue weighted by Crippen LogP contribution is 2.31. The number of pyridine rings is 1. The van der Waals surface area contributed by atoms with Gasteiger partial charge in [0.15, 0.2) is 5.69 Å². The summed E-state index contributed by atoms with van der Waals surface area (Å²) < 4.78 is 44.4. The highest BCUT2D eigenvalue weighted by atomic mass is 19.4. The summed E-state index contributed by atoms with van der Waals surface area (Å²) in [6.45, 7) is 3.87. The normalized spacial score (nSPS) is 11.7. The van der Waals surface area contributed by atoms with Gasteiger partial charge in [0.25, 0.3) is 0 Å². The van der Waals surface area contributed by atoms with Gasteiger partial charge in [-0.3, -0.25) is 4.79 Å². The predicted molar refractivity (Wildman–Crippen MR) is 83.8 cm³/mol. The number of aryl methyl sites for hydroxylation is 1. The van der Waals surface area contributed by atoms with Crippen molar-refractivity contribution >= 4 is 5.91 Å². The summed E-state index contributed by atoms with van der Waals surface area (Å²) in [5.74, 6) is -0.127. The van der Waals surface area contributed by atoms with Crippen molar-refractivity contribution in [3.05, 3.63) is 35.7 Å². The Labute approximate surface area is 143 Å². The summed E-state index contributed by atoms with van der Waals surface area (Å²) in [6.07, 6.45) is -4.55. The number of hydrogen-bond acceptors (Lipinski definition) is 4. The van der Waals surface area contributed by atoms with Crippen molar-refractivity contribution in [1.29, 1.82) is 0 Å². The van der Waals surface area contributed by atoms with Crippen LogP contribution < -0.4 is 4.74 Å². The van der Waals surface area contributed by atoms with Gasteiger partial charge in [0.2, 0.25) is 17.7 Å². The number of carbonyl (C=O) groups excluding carboxylic acids is 1. The van der Waals surface area contributed by atoms with E-state index in [0.29, 0.717) is 5.69 Å². The number of rotatable bonds is 5. The molecule has 2 aromatic heterocycles. The fourth-order valence-corrected chi connectivity index (χ4v) is 2.16. The molecule has 0 fully saturated rings. The summed E-state index contributed by atoms with van der Waals surface area (Å²) >= 11 is 0. The summed E-state index contributed by atoms with van der Waals surface area (Å²) in [6, 6.07) is 5.70. The number of carbonyl (C=O) groups is 1. The Hall–Kier alpha value is -2.58. The average molecular weight is 356 g/mol. The standard InChI is InChI=1S/C16H19F3N4O2/c1-10(2)15(24)22(3)9-11-6-5-7-13(20-11)25-14-8-12(16(17,18)19)21-23(14)4/h5-8,10H,9H2,1-4H3. The van der Waals surface area contributed by atoms with Gasteiger partial charge in [-0.25, -0.2) is 9.67 Å². The van der Waals surface area contributed by atoms with Crippen molar-refractivity contribution < 1.29 is 22.7 Å². The second-order valence-corrected chi connectivity index (χ2v) is 5.91. The highest BCUT2D eigenvalue weighted by molar-refractivity contribution is 5.77. The average Bonchev–Trinajstić information content (AvgIpc) is 2.88. The molecule has 0 aromatic carbocycles. The van der Waals surface area contributed by atoms with Crippen LogP contribution in [0.15, 0.2) is 24.3 Å². The van der Waals surface area contributed by atoms with Crippen LogP contribution in [0.4, 0.5) is 13.2 Å². The van der Waals surface area contributed by atoms with E-state index in [9.17, 15) is 18.0 Å². The molecular weight excluding hydrogens is 337 g/mol. The number of ether oxygens (including phenoxy) is 1. The van der Waals surface area contributed by atoms with Crippen LogP contribution in [0.25, 0.3) is 0 Å². The van der Waals surface area contributed by atoms with Gasteiger partial charge >= 0.3 is 6.18 Å². The van der Waals surface area contributed by atoms with Crippen molar-refractivity contribution in [2.75, 3.05) is 7.05 Å². The van der Waals surface area contributed by atoms with E-state index in [2.05, 4.69) is 10.1 Å². The van der Waals surface area contributed by atoms with Crippen molar-refractivity contribution in [2.45, 2.75) is 26.6 Å². The second-order valence-electron chi connectivity index (χ2n) is 5.91. The fraction of sp³-hybridized carbons (Fsp3) is 0.438. The summed E-state index contributed by atoms with van der Waals surface area (Å²) in [7, 11) is 3.01. The molecule has 136 valence electrons. The Kier molecular flexibility index (Phi) is 5.34. The minimum absolute atomic E-state index is 0.0328. The molecule has 0 atom stereocenters. The van der Waals surface area contributed by atoms with Crippen LogP contribution in [-0.4, -0.2) is 32.6 Å². The largest absolute Gasteiger partial charge is 0.435 e. The third-order valence-corrected chi connectivity index (χ3v) is 3.39. The molecule has 1 amide bonds. The van der Waals surface area contributed by atoms with E-state index >= 15 is 0 Å². The summed E-state index contributed by atoms with van der Waals surface area (Å²) in [5, 5.41) is 3.38. The lowest BCUT2D eigenvalue weighted by Crippen LogP contribution is -2.30. The van der Waals surface area contributed by atoms with Crippen LogP contribution in [-0.2, 0) is 24.6 Å². The van der Waals surface area contributed by atoms with Crippen molar-refractivity contribution in [2.24, 2.45) is 13.0 Å². The molecule has 0 aliphatic carbocycles.